The van der Waals surface area contributed by atoms with Crippen molar-refractivity contribution in [2.75, 3.05) is 30.4 Å². The Labute approximate surface area is 186 Å². The molecule has 0 saturated carbocycles. The molecule has 0 spiro atoms. The second-order valence-electron chi connectivity index (χ2n) is 7.35. The smallest absolute Gasteiger partial charge is 0.141 e. The van der Waals surface area contributed by atoms with E-state index in [1.165, 1.54) is 6.33 Å². The van der Waals surface area contributed by atoms with Gasteiger partial charge in [0.2, 0.25) is 0 Å². The van der Waals surface area contributed by atoms with Gasteiger partial charge in [-0.2, -0.15) is 0 Å². The second-order valence-corrected chi connectivity index (χ2v) is 8.23. The van der Waals surface area contributed by atoms with Crippen molar-refractivity contribution in [3.8, 4) is 11.5 Å². The van der Waals surface area contributed by atoms with E-state index in [0.717, 1.165) is 37.2 Å². The number of para-hydroxylation sites is 1. The number of piperidine rings is 1. The summed E-state index contributed by atoms with van der Waals surface area (Å²) >= 11 is 1.75. The average Bonchev–Trinajstić information content (AvgIpc) is 2.80. The third-order valence-electron chi connectivity index (χ3n) is 5.23. The lowest BCUT2D eigenvalue weighted by Crippen LogP contribution is -2.39. The molecule has 1 fully saturated rings. The number of hydrogen-bond donors (Lipinski definition) is 3. The highest BCUT2D eigenvalue weighted by Crippen LogP contribution is 2.27. The van der Waals surface area contributed by atoms with Gasteiger partial charge >= 0.3 is 0 Å². The predicted octanol–water partition coefficient (Wildman–Crippen LogP) is 4.42. The van der Waals surface area contributed by atoms with Gasteiger partial charge in [-0.25, -0.2) is 14.3 Å². The van der Waals surface area contributed by atoms with Gasteiger partial charge in [0.1, 0.15) is 29.5 Å². The SMILES string of the molecule is CSN1CCCC(Nc2ncnc(N)c2C(=N)c2ccc(Oc3ccccc3)cc2)C1. The van der Waals surface area contributed by atoms with E-state index in [1.54, 1.807) is 11.9 Å². The monoisotopic (exact) mass is 434 g/mol. The van der Waals surface area contributed by atoms with Gasteiger partial charge in [-0.3, -0.25) is 5.41 Å². The molecule has 4 N–H and O–H groups in total. The fourth-order valence-corrected chi connectivity index (χ4v) is 4.27. The molecule has 2 aromatic carbocycles. The normalized spacial score (nSPS) is 16.6. The predicted molar refractivity (Wildman–Crippen MR) is 127 cm³/mol. The molecule has 1 saturated heterocycles. The summed E-state index contributed by atoms with van der Waals surface area (Å²) in [6.07, 6.45) is 5.71. The molecule has 1 aliphatic rings. The van der Waals surface area contributed by atoms with Gasteiger partial charge in [0.25, 0.3) is 0 Å². The maximum absolute atomic E-state index is 8.78. The summed E-state index contributed by atoms with van der Waals surface area (Å²) in [5.41, 5.74) is 7.71. The molecule has 160 valence electrons. The van der Waals surface area contributed by atoms with Crippen molar-refractivity contribution in [2.45, 2.75) is 18.9 Å². The van der Waals surface area contributed by atoms with Crippen LogP contribution < -0.4 is 15.8 Å². The molecule has 7 nitrogen and oxygen atoms in total. The Hall–Kier alpha value is -3.10. The van der Waals surface area contributed by atoms with E-state index < -0.39 is 0 Å². The zero-order valence-corrected chi connectivity index (χ0v) is 18.2. The number of nitrogens with two attached hydrogens (primary N) is 1. The minimum Gasteiger partial charge on any atom is -0.457 e. The molecule has 0 aliphatic carbocycles. The topological polar surface area (TPSA) is 100 Å². The number of hydrogen-bond acceptors (Lipinski definition) is 8. The first-order valence-electron chi connectivity index (χ1n) is 10.2. The Morgan fingerprint density at radius 1 is 1.13 bits per heavy atom. The van der Waals surface area contributed by atoms with E-state index >= 15 is 0 Å². The zero-order valence-electron chi connectivity index (χ0n) is 17.4. The van der Waals surface area contributed by atoms with Gasteiger partial charge in [0.15, 0.2) is 0 Å². The number of anilines is 2. The molecular weight excluding hydrogens is 408 g/mol. The van der Waals surface area contributed by atoms with Gasteiger partial charge in [-0.15, -0.1) is 0 Å². The van der Waals surface area contributed by atoms with Gasteiger partial charge in [0, 0.05) is 24.7 Å². The van der Waals surface area contributed by atoms with Crippen molar-refractivity contribution in [3.05, 3.63) is 72.1 Å². The van der Waals surface area contributed by atoms with Crippen LogP contribution in [0, 0.1) is 5.41 Å². The first-order valence-corrected chi connectivity index (χ1v) is 11.4. The number of aromatic nitrogens is 2. The molecule has 1 aliphatic heterocycles. The first-order chi connectivity index (χ1) is 15.1. The first kappa shape index (κ1) is 21.1. The molecular formula is C23H26N6OS. The number of benzene rings is 2. The van der Waals surface area contributed by atoms with Crippen molar-refractivity contribution in [2.24, 2.45) is 0 Å². The van der Waals surface area contributed by atoms with Crippen molar-refractivity contribution in [1.29, 1.82) is 5.41 Å². The highest BCUT2D eigenvalue weighted by Gasteiger charge is 2.23. The number of nitrogens with zero attached hydrogens (tertiary/aromatic N) is 3. The summed E-state index contributed by atoms with van der Waals surface area (Å²) < 4.78 is 8.18. The highest BCUT2D eigenvalue weighted by atomic mass is 32.2. The molecule has 1 aromatic heterocycles. The van der Waals surface area contributed by atoms with Crippen molar-refractivity contribution >= 4 is 29.3 Å². The Kier molecular flexibility index (Phi) is 6.69. The number of rotatable bonds is 7. The Morgan fingerprint density at radius 3 is 2.61 bits per heavy atom. The van der Waals surface area contributed by atoms with Crippen LogP contribution in [-0.2, 0) is 0 Å². The quantitative estimate of drug-likeness (QED) is 0.374. The number of nitrogen functional groups attached to an aromatic ring is 1. The molecule has 1 unspecified atom stereocenters. The largest absolute Gasteiger partial charge is 0.457 e. The summed E-state index contributed by atoms with van der Waals surface area (Å²) in [5, 5.41) is 12.3. The van der Waals surface area contributed by atoms with Crippen molar-refractivity contribution in [1.82, 2.24) is 14.3 Å². The Balaban J connectivity index is 1.53. The van der Waals surface area contributed by atoms with Crippen LogP contribution in [0.1, 0.15) is 24.0 Å². The van der Waals surface area contributed by atoms with Crippen LogP contribution in [0.4, 0.5) is 11.6 Å². The van der Waals surface area contributed by atoms with E-state index in [9.17, 15) is 0 Å². The molecule has 8 heteroatoms. The molecule has 31 heavy (non-hydrogen) atoms. The highest BCUT2D eigenvalue weighted by molar-refractivity contribution is 7.96. The van der Waals surface area contributed by atoms with Crippen LogP contribution in [0.3, 0.4) is 0 Å². The van der Waals surface area contributed by atoms with Crippen LogP contribution in [0.25, 0.3) is 0 Å². The minimum absolute atomic E-state index is 0.253. The Morgan fingerprint density at radius 2 is 1.87 bits per heavy atom. The molecule has 0 amide bonds. The molecule has 4 rings (SSSR count). The van der Waals surface area contributed by atoms with E-state index in [0.29, 0.717) is 22.9 Å². The Bertz CT molecular complexity index is 1030. The summed E-state index contributed by atoms with van der Waals surface area (Å²) in [6.45, 7) is 2.01. The van der Waals surface area contributed by atoms with Gasteiger partial charge in [0.05, 0.1) is 11.3 Å². The van der Waals surface area contributed by atoms with Crippen molar-refractivity contribution in [3.63, 3.8) is 0 Å². The van der Waals surface area contributed by atoms with Crippen molar-refractivity contribution < 1.29 is 4.74 Å². The molecule has 2 heterocycles. The maximum atomic E-state index is 8.78. The second kappa shape index (κ2) is 9.80. The van der Waals surface area contributed by atoms with Gasteiger partial charge in [-0.05, 0) is 55.5 Å². The summed E-state index contributed by atoms with van der Waals surface area (Å²) in [5.74, 6) is 2.38. The van der Waals surface area contributed by atoms with Crippen LogP contribution in [0.15, 0.2) is 60.9 Å². The lowest BCUT2D eigenvalue weighted by molar-refractivity contribution is 0.356. The van der Waals surface area contributed by atoms with E-state index in [-0.39, 0.29) is 11.8 Å². The fraction of sp³-hybridized carbons (Fsp3) is 0.261. The lowest BCUT2D eigenvalue weighted by Gasteiger charge is -2.32. The van der Waals surface area contributed by atoms with E-state index in [1.807, 2.05) is 54.6 Å². The molecule has 0 bridgehead atoms. The third kappa shape index (κ3) is 5.15. The summed E-state index contributed by atoms with van der Waals surface area (Å²) in [7, 11) is 0. The van der Waals surface area contributed by atoms with E-state index in [4.69, 9.17) is 15.9 Å². The molecule has 3 aromatic rings. The standard InChI is InChI=1S/C23H26N6OS/c1-31-29-13-5-6-17(14-29)28-23-20(22(25)26-15-27-23)21(24)16-9-11-19(12-10-16)30-18-7-3-2-4-8-18/h2-4,7-12,15,17,24H,5-6,13-14H2,1H3,(H3,25,26,27,28). The maximum Gasteiger partial charge on any atom is 0.141 e. The molecule has 0 radical (unpaired) electrons. The fourth-order valence-electron chi connectivity index (χ4n) is 3.63. The van der Waals surface area contributed by atoms with Crippen LogP contribution in [-0.4, -0.2) is 45.4 Å². The third-order valence-corrected chi connectivity index (χ3v) is 6.08. The van der Waals surface area contributed by atoms with Crippen LogP contribution in [0.2, 0.25) is 0 Å². The van der Waals surface area contributed by atoms with Gasteiger partial charge < -0.3 is 15.8 Å². The zero-order chi connectivity index (χ0) is 21.6. The van der Waals surface area contributed by atoms with Crippen LogP contribution in [0.5, 0.6) is 11.5 Å². The average molecular weight is 435 g/mol. The number of nitrogens with one attached hydrogen (secondary N) is 2. The van der Waals surface area contributed by atoms with E-state index in [2.05, 4.69) is 25.8 Å². The summed E-state index contributed by atoms with van der Waals surface area (Å²) in [4.78, 5) is 8.54. The number of ether oxygens (including phenoxy) is 1. The lowest BCUT2D eigenvalue weighted by atomic mass is 10.0. The van der Waals surface area contributed by atoms with Gasteiger partial charge in [-0.1, -0.05) is 30.1 Å². The van der Waals surface area contributed by atoms with Crippen LogP contribution >= 0.6 is 11.9 Å². The molecule has 1 atom stereocenters. The minimum atomic E-state index is 0.253. The summed E-state index contributed by atoms with van der Waals surface area (Å²) in [6, 6.07) is 17.3.